The fourth-order valence-corrected chi connectivity index (χ4v) is 6.11. The number of nitrogens with zero attached hydrogens (tertiary/aromatic N) is 4. The zero-order chi connectivity index (χ0) is 28.7. The Morgan fingerprint density at radius 2 is 1.67 bits per heavy atom. The summed E-state index contributed by atoms with van der Waals surface area (Å²) in [6.45, 7) is 2.81. The van der Waals surface area contributed by atoms with Gasteiger partial charge in [0.25, 0.3) is 17.6 Å². The minimum absolute atomic E-state index is 0.0141. The summed E-state index contributed by atoms with van der Waals surface area (Å²) in [4.78, 5) is 46.2. The summed E-state index contributed by atoms with van der Waals surface area (Å²) in [5, 5.41) is 11.7. The fourth-order valence-electron chi connectivity index (χ4n) is 5.16. The van der Waals surface area contributed by atoms with E-state index < -0.39 is 38.9 Å². The highest BCUT2D eigenvalue weighted by molar-refractivity contribution is 7.89. The molecule has 0 saturated carbocycles. The van der Waals surface area contributed by atoms with Crippen molar-refractivity contribution >= 4 is 39.1 Å². The number of likely N-dealkylation sites (tertiary alicyclic amines) is 1. The van der Waals surface area contributed by atoms with Gasteiger partial charge in [-0.15, -0.1) is 0 Å². The fraction of sp³-hybridized carbons (Fsp3) is 0.393. The van der Waals surface area contributed by atoms with Crippen LogP contribution in [0.1, 0.15) is 30.9 Å². The summed E-state index contributed by atoms with van der Waals surface area (Å²) in [6, 6.07) is 12.5. The molecule has 208 valence electrons. The van der Waals surface area contributed by atoms with E-state index in [0.717, 1.165) is 10.7 Å². The van der Waals surface area contributed by atoms with Crippen LogP contribution >= 0.6 is 0 Å². The van der Waals surface area contributed by atoms with Crippen LogP contribution in [0.15, 0.2) is 59.0 Å². The second-order valence-corrected chi connectivity index (χ2v) is 12.3. The number of unbranched alkanes of at least 4 members (excludes halogenated alkanes) is 1. The number of para-hydroxylation sites is 1. The van der Waals surface area contributed by atoms with E-state index in [0.29, 0.717) is 30.8 Å². The molecule has 2 aromatic rings. The third kappa shape index (κ3) is 4.44. The van der Waals surface area contributed by atoms with Crippen LogP contribution in [0.4, 0.5) is 5.69 Å². The number of aliphatic hydroxyl groups is 1. The van der Waals surface area contributed by atoms with Crippen LogP contribution in [-0.2, 0) is 29.9 Å². The van der Waals surface area contributed by atoms with Gasteiger partial charge in [0, 0.05) is 44.9 Å². The number of ketones is 1. The molecule has 2 heterocycles. The molecule has 11 heteroatoms. The first kappa shape index (κ1) is 28.5. The summed E-state index contributed by atoms with van der Waals surface area (Å²) >= 11 is 0. The van der Waals surface area contributed by atoms with Crippen LogP contribution in [0.3, 0.4) is 0 Å². The van der Waals surface area contributed by atoms with E-state index in [1.165, 1.54) is 43.3 Å². The number of rotatable bonds is 9. The van der Waals surface area contributed by atoms with Crippen molar-refractivity contribution in [1.29, 1.82) is 0 Å². The zero-order valence-corrected chi connectivity index (χ0v) is 23.7. The molecule has 2 aliphatic heterocycles. The Labute approximate surface area is 229 Å². The van der Waals surface area contributed by atoms with E-state index in [-0.39, 0.29) is 22.6 Å². The zero-order valence-electron chi connectivity index (χ0n) is 22.8. The Morgan fingerprint density at radius 3 is 2.31 bits per heavy atom. The highest BCUT2D eigenvalue weighted by Crippen LogP contribution is 2.53. The van der Waals surface area contributed by atoms with Crippen molar-refractivity contribution in [2.75, 3.05) is 52.7 Å². The van der Waals surface area contributed by atoms with Gasteiger partial charge in [-0.05, 0) is 38.7 Å². The smallest absolute Gasteiger partial charge is 0.296 e. The van der Waals surface area contributed by atoms with Gasteiger partial charge in [0.1, 0.15) is 5.76 Å². The minimum Gasteiger partial charge on any atom is -0.507 e. The maximum Gasteiger partial charge on any atom is 0.296 e. The van der Waals surface area contributed by atoms with Crippen molar-refractivity contribution < 1.29 is 27.9 Å². The number of likely N-dealkylation sites (N-methyl/N-ethyl adjacent to an activating group) is 1. The van der Waals surface area contributed by atoms with Gasteiger partial charge in [-0.2, -0.15) is 0 Å². The summed E-state index contributed by atoms with van der Waals surface area (Å²) < 4.78 is 26.6. The first-order valence-electron chi connectivity index (χ1n) is 12.8. The molecule has 2 aliphatic rings. The van der Waals surface area contributed by atoms with Crippen molar-refractivity contribution in [2.24, 2.45) is 0 Å². The molecule has 0 aliphatic carbocycles. The van der Waals surface area contributed by atoms with Crippen LogP contribution in [0.25, 0.3) is 5.76 Å². The number of amides is 2. The van der Waals surface area contributed by atoms with Gasteiger partial charge in [-0.3, -0.25) is 14.4 Å². The highest BCUT2D eigenvalue weighted by Gasteiger charge is 2.66. The molecule has 0 radical (unpaired) electrons. The number of carbonyl (C=O) groups is 3. The van der Waals surface area contributed by atoms with Gasteiger partial charge in [-0.25, -0.2) is 12.7 Å². The topological polar surface area (TPSA) is 119 Å². The molecule has 1 N–H and O–H groups in total. The van der Waals surface area contributed by atoms with E-state index in [9.17, 15) is 27.9 Å². The normalized spacial score (nSPS) is 20.6. The Balaban J connectivity index is 2.03. The number of aliphatic hydroxyl groups excluding tert-OH is 1. The number of sulfonamides is 1. The number of hydrogen-bond acceptors (Lipinski definition) is 7. The molecular formula is C28H34N4O6S. The average Bonchev–Trinajstić information content (AvgIpc) is 3.28. The third-order valence-electron chi connectivity index (χ3n) is 7.20. The quantitative estimate of drug-likeness (QED) is 0.287. The lowest BCUT2D eigenvalue weighted by atomic mass is 9.82. The molecule has 1 saturated heterocycles. The summed E-state index contributed by atoms with van der Waals surface area (Å²) in [5.74, 6) is -2.98. The molecule has 0 aromatic heterocycles. The van der Waals surface area contributed by atoms with E-state index in [4.69, 9.17) is 0 Å². The maximum absolute atomic E-state index is 14.4. The molecular weight excluding hydrogens is 520 g/mol. The van der Waals surface area contributed by atoms with Gasteiger partial charge in [0.05, 0.1) is 16.2 Å². The van der Waals surface area contributed by atoms with Gasteiger partial charge in [-0.1, -0.05) is 43.7 Å². The molecule has 4 rings (SSSR count). The Kier molecular flexibility index (Phi) is 7.70. The van der Waals surface area contributed by atoms with E-state index in [1.807, 2.05) is 25.9 Å². The van der Waals surface area contributed by atoms with Crippen LogP contribution in [0.5, 0.6) is 0 Å². The average molecular weight is 555 g/mol. The highest BCUT2D eigenvalue weighted by atomic mass is 32.2. The minimum atomic E-state index is -3.86. The molecule has 1 fully saturated rings. The standard InChI is InChI=1S/C28H34N4O6S/c1-6-7-15-31-22-14-9-8-13-21(22)28(27(31)36)23(25(34)26(35)32(28)17-16-29(2)3)24(33)19-11-10-12-20(18-19)39(37,38)30(4)5/h8-14,18,33H,6-7,15-17H2,1-5H3. The molecule has 2 aromatic carbocycles. The molecule has 0 bridgehead atoms. The summed E-state index contributed by atoms with van der Waals surface area (Å²) in [6.07, 6.45) is 1.52. The van der Waals surface area contributed by atoms with Crippen molar-refractivity contribution in [3.63, 3.8) is 0 Å². The van der Waals surface area contributed by atoms with Gasteiger partial charge in [0.15, 0.2) is 5.54 Å². The van der Waals surface area contributed by atoms with Crippen molar-refractivity contribution in [2.45, 2.75) is 30.2 Å². The number of anilines is 1. The number of hydrogen-bond donors (Lipinski definition) is 1. The lowest BCUT2D eigenvalue weighted by Crippen LogP contribution is -2.53. The molecule has 39 heavy (non-hydrogen) atoms. The van der Waals surface area contributed by atoms with Crippen molar-refractivity contribution in [1.82, 2.24) is 14.1 Å². The Hall–Kier alpha value is -3.54. The Bertz CT molecular complexity index is 1470. The molecule has 2 amide bonds. The first-order valence-corrected chi connectivity index (χ1v) is 14.2. The Morgan fingerprint density at radius 1 is 0.974 bits per heavy atom. The second kappa shape index (κ2) is 10.6. The summed E-state index contributed by atoms with van der Waals surface area (Å²) in [5.41, 5.74) is -1.22. The van der Waals surface area contributed by atoms with Crippen LogP contribution in [0, 0.1) is 0 Å². The molecule has 1 atom stereocenters. The van der Waals surface area contributed by atoms with Crippen molar-refractivity contribution in [3.05, 3.63) is 65.2 Å². The number of Topliss-reactive ketones (excluding diaryl/α,β-unsaturated/α-hetero) is 1. The first-order chi connectivity index (χ1) is 18.4. The van der Waals surface area contributed by atoms with Crippen LogP contribution < -0.4 is 4.90 Å². The van der Waals surface area contributed by atoms with E-state index in [2.05, 4.69) is 0 Å². The van der Waals surface area contributed by atoms with Crippen LogP contribution in [-0.4, -0.2) is 93.1 Å². The maximum atomic E-state index is 14.4. The summed E-state index contributed by atoms with van der Waals surface area (Å²) in [7, 11) is 2.55. The third-order valence-corrected chi connectivity index (χ3v) is 9.01. The lowest BCUT2D eigenvalue weighted by molar-refractivity contribution is -0.143. The van der Waals surface area contributed by atoms with Crippen molar-refractivity contribution in [3.8, 4) is 0 Å². The monoisotopic (exact) mass is 554 g/mol. The largest absolute Gasteiger partial charge is 0.507 e. The van der Waals surface area contributed by atoms with Gasteiger partial charge >= 0.3 is 0 Å². The number of benzene rings is 2. The SMILES string of the molecule is CCCCN1C(=O)C2(C(=C(O)c3cccc(S(=O)(=O)N(C)C)c3)C(=O)C(=O)N2CCN(C)C)c2ccccc21. The van der Waals surface area contributed by atoms with Gasteiger partial charge in [0.2, 0.25) is 10.0 Å². The predicted octanol–water partition coefficient (Wildman–Crippen LogP) is 2.22. The lowest BCUT2D eigenvalue weighted by Gasteiger charge is -2.35. The molecule has 1 spiro atoms. The molecule has 1 unspecified atom stereocenters. The van der Waals surface area contributed by atoms with E-state index >= 15 is 0 Å². The second-order valence-electron chi connectivity index (χ2n) is 10.2. The predicted molar refractivity (Wildman–Crippen MR) is 148 cm³/mol. The van der Waals surface area contributed by atoms with Crippen LogP contribution in [0.2, 0.25) is 0 Å². The van der Waals surface area contributed by atoms with E-state index in [1.54, 1.807) is 29.2 Å². The number of carbonyl (C=O) groups excluding carboxylic acids is 3. The van der Waals surface area contributed by atoms with Gasteiger partial charge < -0.3 is 19.8 Å². The molecule has 10 nitrogen and oxygen atoms in total. The number of fused-ring (bicyclic) bond motifs is 2.